The van der Waals surface area contributed by atoms with Gasteiger partial charge in [-0.25, -0.2) is 0 Å². The van der Waals surface area contributed by atoms with Crippen molar-refractivity contribution in [3.8, 4) is 22.3 Å². The van der Waals surface area contributed by atoms with Gasteiger partial charge in [-0.05, 0) is 68.0 Å². The fraction of sp³-hybridized carbons (Fsp3) is 0.314. The number of hydrogen-bond donors (Lipinski definition) is 1. The molecule has 0 fully saturated rings. The second-order valence-electron chi connectivity index (χ2n) is 12.9. The molecular formula is C35H39N. The Labute approximate surface area is 217 Å². The number of anilines is 2. The Kier molecular flexibility index (Phi) is 5.67. The summed E-state index contributed by atoms with van der Waals surface area (Å²) in [7, 11) is 0. The Bertz CT molecular complexity index is 1430. The van der Waals surface area contributed by atoms with Crippen LogP contribution in [0.1, 0.15) is 77.6 Å². The lowest BCUT2D eigenvalue weighted by atomic mass is 9.71. The van der Waals surface area contributed by atoms with Gasteiger partial charge in [-0.1, -0.05) is 122 Å². The number of fused-ring (bicyclic) bond motifs is 3. The highest BCUT2D eigenvalue weighted by Crippen LogP contribution is 2.54. The number of hydrogen-bond acceptors (Lipinski definition) is 1. The molecule has 1 N–H and O–H groups in total. The van der Waals surface area contributed by atoms with Crippen LogP contribution in [0.25, 0.3) is 22.3 Å². The van der Waals surface area contributed by atoms with E-state index in [-0.39, 0.29) is 16.2 Å². The fourth-order valence-electron chi connectivity index (χ4n) is 5.68. The monoisotopic (exact) mass is 473 g/mol. The summed E-state index contributed by atoms with van der Waals surface area (Å²) in [5, 5.41) is 3.75. The Morgan fingerprint density at radius 3 is 1.94 bits per heavy atom. The topological polar surface area (TPSA) is 12.0 Å². The van der Waals surface area contributed by atoms with Gasteiger partial charge in [0.1, 0.15) is 0 Å². The van der Waals surface area contributed by atoms with Crippen LogP contribution >= 0.6 is 0 Å². The molecule has 0 radical (unpaired) electrons. The molecule has 1 aliphatic carbocycles. The fourth-order valence-corrected chi connectivity index (χ4v) is 5.68. The van der Waals surface area contributed by atoms with Crippen molar-refractivity contribution in [3.63, 3.8) is 0 Å². The summed E-state index contributed by atoms with van der Waals surface area (Å²) in [6, 6.07) is 31.0. The first kappa shape index (κ1) is 24.4. The van der Waals surface area contributed by atoms with E-state index < -0.39 is 0 Å². The lowest BCUT2D eigenvalue weighted by molar-refractivity contribution is 0.545. The molecular weight excluding hydrogens is 434 g/mol. The Hall–Kier alpha value is -3.32. The first-order valence-electron chi connectivity index (χ1n) is 13.1. The van der Waals surface area contributed by atoms with Crippen molar-refractivity contribution in [3.05, 3.63) is 107 Å². The highest BCUT2D eigenvalue weighted by Gasteiger charge is 2.40. The molecule has 0 amide bonds. The smallest absolute Gasteiger partial charge is 0.0463 e. The third-order valence-electron chi connectivity index (χ3n) is 7.71. The van der Waals surface area contributed by atoms with E-state index >= 15 is 0 Å². The van der Waals surface area contributed by atoms with Crippen LogP contribution in [0, 0.1) is 0 Å². The van der Waals surface area contributed by atoms with Gasteiger partial charge >= 0.3 is 0 Å². The molecule has 0 bridgehead atoms. The van der Waals surface area contributed by atoms with Gasteiger partial charge in [-0.3, -0.25) is 0 Å². The van der Waals surface area contributed by atoms with E-state index in [1.165, 1.54) is 44.5 Å². The van der Waals surface area contributed by atoms with Crippen molar-refractivity contribution in [2.24, 2.45) is 0 Å². The van der Waals surface area contributed by atoms with Gasteiger partial charge in [0, 0.05) is 22.4 Å². The number of nitrogens with one attached hydrogen (secondary N) is 1. The van der Waals surface area contributed by atoms with E-state index in [2.05, 4.69) is 146 Å². The van der Waals surface area contributed by atoms with Crippen LogP contribution in [0.2, 0.25) is 0 Å². The molecule has 0 spiro atoms. The van der Waals surface area contributed by atoms with Gasteiger partial charge in [-0.15, -0.1) is 0 Å². The minimum absolute atomic E-state index is 0.0691. The van der Waals surface area contributed by atoms with Crippen molar-refractivity contribution in [2.45, 2.75) is 71.6 Å². The maximum absolute atomic E-state index is 3.75. The number of benzene rings is 4. The second-order valence-corrected chi connectivity index (χ2v) is 12.9. The van der Waals surface area contributed by atoms with Crippen LogP contribution in [-0.4, -0.2) is 0 Å². The Morgan fingerprint density at radius 1 is 0.611 bits per heavy atom. The molecule has 0 saturated heterocycles. The van der Waals surface area contributed by atoms with Crippen molar-refractivity contribution >= 4 is 11.4 Å². The largest absolute Gasteiger partial charge is 0.355 e. The molecule has 0 atom stereocenters. The van der Waals surface area contributed by atoms with Crippen molar-refractivity contribution < 1.29 is 0 Å². The van der Waals surface area contributed by atoms with Crippen LogP contribution in [0.3, 0.4) is 0 Å². The minimum atomic E-state index is -0.0691. The third-order valence-corrected chi connectivity index (χ3v) is 7.71. The molecule has 1 nitrogen and oxygen atoms in total. The third kappa shape index (κ3) is 4.15. The molecule has 0 unspecified atom stereocenters. The van der Waals surface area contributed by atoms with E-state index in [0.29, 0.717) is 0 Å². The minimum Gasteiger partial charge on any atom is -0.355 e. The molecule has 1 heteroatoms. The lowest BCUT2D eigenvalue weighted by Gasteiger charge is -2.32. The SMILES string of the molecule is CC(C)(C)c1cc2c(c(C(C)(C)C)c1)C(C)(C)c1cc(Nc3ccccc3-c3ccccc3)ccc1-2. The summed E-state index contributed by atoms with van der Waals surface area (Å²) in [5.41, 5.74) is 13.3. The van der Waals surface area contributed by atoms with Crippen LogP contribution in [0.4, 0.5) is 11.4 Å². The molecule has 4 aromatic rings. The lowest BCUT2D eigenvalue weighted by Crippen LogP contribution is -2.24. The number of rotatable bonds is 3. The zero-order chi connectivity index (χ0) is 25.9. The standard InChI is InChI=1S/C35H39N/c1-33(2,3)24-20-28-27-19-18-25(22-29(27)35(7,8)32(28)30(21-24)34(4,5)6)36-31-17-13-12-16-26(31)23-14-10-9-11-15-23/h9-22,36H,1-8H3. The van der Waals surface area contributed by atoms with Gasteiger partial charge in [0.15, 0.2) is 0 Å². The van der Waals surface area contributed by atoms with Crippen LogP contribution in [0.15, 0.2) is 84.9 Å². The summed E-state index contributed by atoms with van der Waals surface area (Å²) in [4.78, 5) is 0. The summed E-state index contributed by atoms with van der Waals surface area (Å²) < 4.78 is 0. The summed E-state index contributed by atoms with van der Waals surface area (Å²) >= 11 is 0. The van der Waals surface area contributed by atoms with E-state index in [4.69, 9.17) is 0 Å². The molecule has 4 aromatic carbocycles. The van der Waals surface area contributed by atoms with E-state index in [1.807, 2.05) is 0 Å². The van der Waals surface area contributed by atoms with Crippen molar-refractivity contribution in [1.29, 1.82) is 0 Å². The van der Waals surface area contributed by atoms with Gasteiger partial charge in [-0.2, -0.15) is 0 Å². The van der Waals surface area contributed by atoms with Gasteiger partial charge in [0.2, 0.25) is 0 Å². The summed E-state index contributed by atoms with van der Waals surface area (Å²) in [5.74, 6) is 0. The van der Waals surface area contributed by atoms with Crippen LogP contribution < -0.4 is 5.32 Å². The highest BCUT2D eigenvalue weighted by molar-refractivity contribution is 5.86. The van der Waals surface area contributed by atoms with E-state index in [9.17, 15) is 0 Å². The molecule has 36 heavy (non-hydrogen) atoms. The molecule has 0 heterocycles. The first-order chi connectivity index (χ1) is 16.9. The van der Waals surface area contributed by atoms with Crippen LogP contribution in [-0.2, 0) is 16.2 Å². The second kappa shape index (κ2) is 8.37. The Balaban J connectivity index is 1.63. The normalized spacial score (nSPS) is 14.3. The highest BCUT2D eigenvalue weighted by atomic mass is 14.9. The zero-order valence-corrected chi connectivity index (χ0v) is 23.1. The van der Waals surface area contributed by atoms with Gasteiger partial charge in [0.25, 0.3) is 0 Å². The first-order valence-corrected chi connectivity index (χ1v) is 13.1. The van der Waals surface area contributed by atoms with Crippen LogP contribution in [0.5, 0.6) is 0 Å². The quantitative estimate of drug-likeness (QED) is 0.312. The maximum atomic E-state index is 3.75. The predicted molar refractivity (Wildman–Crippen MR) is 157 cm³/mol. The molecule has 1 aliphatic rings. The summed E-state index contributed by atoms with van der Waals surface area (Å²) in [6.45, 7) is 18.8. The average Bonchev–Trinajstić information content (AvgIpc) is 3.05. The number of para-hydroxylation sites is 1. The summed E-state index contributed by atoms with van der Waals surface area (Å²) in [6.07, 6.45) is 0. The van der Waals surface area contributed by atoms with E-state index in [1.54, 1.807) is 0 Å². The average molecular weight is 474 g/mol. The van der Waals surface area contributed by atoms with Gasteiger partial charge < -0.3 is 5.32 Å². The van der Waals surface area contributed by atoms with Crippen molar-refractivity contribution in [2.75, 3.05) is 5.32 Å². The molecule has 0 aromatic heterocycles. The van der Waals surface area contributed by atoms with Crippen molar-refractivity contribution in [1.82, 2.24) is 0 Å². The predicted octanol–water partition coefficient (Wildman–Crippen LogP) is 10.00. The molecule has 5 rings (SSSR count). The zero-order valence-electron chi connectivity index (χ0n) is 23.1. The molecule has 0 aliphatic heterocycles. The maximum Gasteiger partial charge on any atom is 0.0463 e. The Morgan fingerprint density at radius 2 is 1.28 bits per heavy atom. The molecule has 0 saturated carbocycles. The molecule has 184 valence electrons. The van der Waals surface area contributed by atoms with E-state index in [0.717, 1.165) is 11.4 Å². The van der Waals surface area contributed by atoms with Gasteiger partial charge in [0.05, 0.1) is 0 Å².